The van der Waals surface area contributed by atoms with E-state index in [4.69, 9.17) is 11.5 Å². The van der Waals surface area contributed by atoms with E-state index in [1.165, 1.54) is 6.33 Å². The number of nitrogen functional groups attached to an aromatic ring is 2. The Bertz CT molecular complexity index is 200. The third kappa shape index (κ3) is 0.910. The summed E-state index contributed by atoms with van der Waals surface area (Å²) >= 11 is 0. The molecule has 1 heterocycles. The van der Waals surface area contributed by atoms with Gasteiger partial charge in [0.1, 0.15) is 18.0 Å². The van der Waals surface area contributed by atoms with Crippen molar-refractivity contribution in [3.63, 3.8) is 0 Å². The van der Waals surface area contributed by atoms with Gasteiger partial charge in [-0.15, -0.1) is 0 Å². The largest absolute Gasteiger partial charge is 0.383 e. The van der Waals surface area contributed by atoms with Gasteiger partial charge >= 0.3 is 0 Å². The molecule has 1 rings (SSSR count). The van der Waals surface area contributed by atoms with Crippen LogP contribution >= 0.6 is 0 Å². The van der Waals surface area contributed by atoms with Crippen LogP contribution in [0.15, 0.2) is 6.33 Å². The molecular weight excluding hydrogens is 116 g/mol. The number of hydrogen-bond donors (Lipinski definition) is 2. The van der Waals surface area contributed by atoms with E-state index in [0.717, 1.165) is 5.56 Å². The van der Waals surface area contributed by atoms with Gasteiger partial charge in [0.15, 0.2) is 0 Å². The number of hydrogen-bond acceptors (Lipinski definition) is 4. The molecule has 0 radical (unpaired) electrons. The Kier molecular flexibility index (Phi) is 1.22. The molecule has 0 aliphatic heterocycles. The minimum Gasteiger partial charge on any atom is -0.383 e. The predicted molar refractivity (Wildman–Crippen MR) is 35.6 cm³/mol. The molecule has 0 saturated carbocycles. The van der Waals surface area contributed by atoms with Crippen LogP contribution in [0.25, 0.3) is 0 Å². The quantitative estimate of drug-likeness (QED) is 0.508. The lowest BCUT2D eigenvalue weighted by Gasteiger charge is -1.98. The van der Waals surface area contributed by atoms with E-state index in [0.29, 0.717) is 11.6 Å². The highest BCUT2D eigenvalue weighted by Crippen LogP contribution is 2.09. The van der Waals surface area contributed by atoms with Gasteiger partial charge in [0.05, 0.1) is 0 Å². The minimum absolute atomic E-state index is 0.447. The van der Waals surface area contributed by atoms with Gasteiger partial charge in [0.2, 0.25) is 0 Å². The molecule has 4 heteroatoms. The first-order valence-electron chi connectivity index (χ1n) is 2.54. The van der Waals surface area contributed by atoms with Crippen molar-refractivity contribution in [2.24, 2.45) is 0 Å². The SMILES string of the molecule is Cc1c(N)ncnc1N. The first-order valence-corrected chi connectivity index (χ1v) is 2.54. The molecule has 0 amide bonds. The Morgan fingerprint density at radius 3 is 2.00 bits per heavy atom. The second-order valence-corrected chi connectivity index (χ2v) is 1.77. The summed E-state index contributed by atoms with van der Waals surface area (Å²) in [5.41, 5.74) is 11.5. The highest BCUT2D eigenvalue weighted by Gasteiger charge is 1.96. The summed E-state index contributed by atoms with van der Waals surface area (Å²) in [6.45, 7) is 1.78. The van der Waals surface area contributed by atoms with Gasteiger partial charge in [-0.05, 0) is 6.92 Å². The average molecular weight is 124 g/mol. The standard InChI is InChI=1S/C5H8N4/c1-3-4(6)8-2-9-5(3)7/h2H,1H3,(H4,6,7,8,9). The molecule has 0 aromatic carbocycles. The molecule has 0 aliphatic rings. The van der Waals surface area contributed by atoms with Crippen LogP contribution in [-0.2, 0) is 0 Å². The van der Waals surface area contributed by atoms with Crippen LogP contribution in [0.2, 0.25) is 0 Å². The lowest BCUT2D eigenvalue weighted by molar-refractivity contribution is 1.15. The van der Waals surface area contributed by atoms with Crippen molar-refractivity contribution in [3.05, 3.63) is 11.9 Å². The zero-order valence-electron chi connectivity index (χ0n) is 5.13. The summed E-state index contributed by atoms with van der Waals surface area (Å²) in [6, 6.07) is 0. The zero-order valence-corrected chi connectivity index (χ0v) is 5.13. The lowest BCUT2D eigenvalue weighted by atomic mass is 10.3. The second kappa shape index (κ2) is 1.89. The molecular formula is C5H8N4. The van der Waals surface area contributed by atoms with Gasteiger partial charge in [-0.2, -0.15) is 0 Å². The van der Waals surface area contributed by atoms with Crippen molar-refractivity contribution in [1.29, 1.82) is 0 Å². The third-order valence-electron chi connectivity index (χ3n) is 1.16. The first-order chi connectivity index (χ1) is 4.22. The summed E-state index contributed by atoms with van der Waals surface area (Å²) in [6.07, 6.45) is 1.34. The summed E-state index contributed by atoms with van der Waals surface area (Å²) in [7, 11) is 0. The van der Waals surface area contributed by atoms with Gasteiger partial charge in [-0.1, -0.05) is 0 Å². The molecule has 1 aromatic rings. The molecule has 0 spiro atoms. The minimum atomic E-state index is 0.447. The summed E-state index contributed by atoms with van der Waals surface area (Å²) in [5.74, 6) is 0.894. The van der Waals surface area contributed by atoms with E-state index < -0.39 is 0 Å². The molecule has 48 valence electrons. The summed E-state index contributed by atoms with van der Waals surface area (Å²) in [5, 5.41) is 0. The van der Waals surface area contributed by atoms with Gasteiger partial charge < -0.3 is 11.5 Å². The van der Waals surface area contributed by atoms with Crippen LogP contribution in [0, 0.1) is 6.92 Å². The van der Waals surface area contributed by atoms with Crippen LogP contribution in [-0.4, -0.2) is 9.97 Å². The fraction of sp³-hybridized carbons (Fsp3) is 0.200. The number of nitrogens with two attached hydrogens (primary N) is 2. The molecule has 4 nitrogen and oxygen atoms in total. The number of aromatic nitrogens is 2. The van der Waals surface area contributed by atoms with Gasteiger partial charge in [0, 0.05) is 5.56 Å². The summed E-state index contributed by atoms with van der Waals surface area (Å²) < 4.78 is 0. The molecule has 0 saturated heterocycles. The molecule has 9 heavy (non-hydrogen) atoms. The van der Waals surface area contributed by atoms with E-state index in [1.54, 1.807) is 6.92 Å². The Morgan fingerprint density at radius 1 is 1.22 bits per heavy atom. The molecule has 1 aromatic heterocycles. The lowest BCUT2D eigenvalue weighted by Crippen LogP contribution is -2.00. The van der Waals surface area contributed by atoms with Crippen LogP contribution in [0.5, 0.6) is 0 Å². The molecule has 4 N–H and O–H groups in total. The van der Waals surface area contributed by atoms with Crippen LogP contribution in [0.3, 0.4) is 0 Å². The highest BCUT2D eigenvalue weighted by molar-refractivity contribution is 5.50. The molecule has 0 aliphatic carbocycles. The maximum Gasteiger partial charge on any atom is 0.131 e. The van der Waals surface area contributed by atoms with Crippen molar-refractivity contribution < 1.29 is 0 Å². The average Bonchev–Trinajstić information content (AvgIpc) is 1.83. The van der Waals surface area contributed by atoms with Gasteiger partial charge in [-0.25, -0.2) is 9.97 Å². The smallest absolute Gasteiger partial charge is 0.131 e. The van der Waals surface area contributed by atoms with Crippen LogP contribution in [0.4, 0.5) is 11.6 Å². The third-order valence-corrected chi connectivity index (χ3v) is 1.16. The Morgan fingerprint density at radius 2 is 1.67 bits per heavy atom. The van der Waals surface area contributed by atoms with Crippen molar-refractivity contribution in [2.45, 2.75) is 6.92 Å². The van der Waals surface area contributed by atoms with Crippen molar-refractivity contribution in [2.75, 3.05) is 11.5 Å². The van der Waals surface area contributed by atoms with Gasteiger partial charge in [0.25, 0.3) is 0 Å². The van der Waals surface area contributed by atoms with Crippen LogP contribution < -0.4 is 11.5 Å². The summed E-state index contributed by atoms with van der Waals surface area (Å²) in [4.78, 5) is 7.45. The monoisotopic (exact) mass is 124 g/mol. The Balaban J connectivity index is 3.25. The zero-order chi connectivity index (χ0) is 6.85. The predicted octanol–water partition coefficient (Wildman–Crippen LogP) is -0.0506. The van der Waals surface area contributed by atoms with E-state index in [1.807, 2.05) is 0 Å². The van der Waals surface area contributed by atoms with Crippen molar-refractivity contribution in [1.82, 2.24) is 9.97 Å². The fourth-order valence-corrected chi connectivity index (χ4v) is 0.478. The maximum absolute atomic E-state index is 5.39. The second-order valence-electron chi connectivity index (χ2n) is 1.77. The van der Waals surface area contributed by atoms with E-state index in [9.17, 15) is 0 Å². The fourth-order valence-electron chi connectivity index (χ4n) is 0.478. The highest BCUT2D eigenvalue weighted by atomic mass is 15.0. The number of anilines is 2. The molecule has 0 fully saturated rings. The number of nitrogens with zero attached hydrogens (tertiary/aromatic N) is 2. The van der Waals surface area contributed by atoms with E-state index >= 15 is 0 Å². The van der Waals surface area contributed by atoms with E-state index in [2.05, 4.69) is 9.97 Å². The molecule has 0 unspecified atom stereocenters. The normalized spacial score (nSPS) is 9.44. The molecule has 0 bridgehead atoms. The first kappa shape index (κ1) is 5.81. The number of rotatable bonds is 0. The topological polar surface area (TPSA) is 77.8 Å². The Hall–Kier alpha value is -1.32. The van der Waals surface area contributed by atoms with Crippen LogP contribution in [0.1, 0.15) is 5.56 Å². The Labute approximate surface area is 52.9 Å². The van der Waals surface area contributed by atoms with E-state index in [-0.39, 0.29) is 0 Å². The van der Waals surface area contributed by atoms with Crippen molar-refractivity contribution >= 4 is 11.6 Å². The van der Waals surface area contributed by atoms with Gasteiger partial charge in [-0.3, -0.25) is 0 Å². The molecule has 0 atom stereocenters. The van der Waals surface area contributed by atoms with Crippen molar-refractivity contribution in [3.8, 4) is 0 Å². The maximum atomic E-state index is 5.39.